The molecule has 0 saturated heterocycles. The molecule has 1 aromatic carbocycles. The Balaban J connectivity index is 1.87. The summed E-state index contributed by atoms with van der Waals surface area (Å²) in [6.07, 6.45) is 3.45. The summed E-state index contributed by atoms with van der Waals surface area (Å²) >= 11 is 0. The molecule has 1 atom stereocenters. The zero-order chi connectivity index (χ0) is 17.5. The van der Waals surface area contributed by atoms with Crippen LogP contribution in [0.4, 0.5) is 0 Å². The Morgan fingerprint density at radius 2 is 2.12 bits per heavy atom. The van der Waals surface area contributed by atoms with Crippen LogP contribution in [0.15, 0.2) is 28.9 Å². The van der Waals surface area contributed by atoms with Gasteiger partial charge in [-0.25, -0.2) is 0 Å². The highest BCUT2D eigenvalue weighted by Gasteiger charge is 2.14. The van der Waals surface area contributed by atoms with Crippen molar-refractivity contribution in [2.24, 2.45) is 0 Å². The third-order valence-electron chi connectivity index (χ3n) is 3.69. The van der Waals surface area contributed by atoms with Gasteiger partial charge >= 0.3 is 5.97 Å². The van der Waals surface area contributed by atoms with E-state index in [-0.39, 0.29) is 25.0 Å². The second-order valence-electron chi connectivity index (χ2n) is 5.72. The Kier molecular flexibility index (Phi) is 6.23. The lowest BCUT2D eigenvalue weighted by Crippen LogP contribution is -2.35. The van der Waals surface area contributed by atoms with Crippen molar-refractivity contribution in [2.45, 2.75) is 39.2 Å². The van der Waals surface area contributed by atoms with E-state index >= 15 is 0 Å². The van der Waals surface area contributed by atoms with Gasteiger partial charge in [-0.05, 0) is 25.5 Å². The summed E-state index contributed by atoms with van der Waals surface area (Å²) in [5.41, 5.74) is 1.36. The second-order valence-corrected chi connectivity index (χ2v) is 5.72. The molecule has 0 unspecified atom stereocenters. The minimum atomic E-state index is -0.466. The zero-order valence-electron chi connectivity index (χ0n) is 14.3. The highest BCUT2D eigenvalue weighted by molar-refractivity contribution is 5.87. The van der Waals surface area contributed by atoms with Crippen LogP contribution in [-0.2, 0) is 20.7 Å². The van der Waals surface area contributed by atoms with E-state index in [1.165, 1.54) is 6.26 Å². The molecule has 0 aliphatic carbocycles. The summed E-state index contributed by atoms with van der Waals surface area (Å²) in [5, 5.41) is 3.62. The standard InChI is InChI=1S/C18H23NO5/c1-4-5-12(2)19-17(20)11-24-18(21)8-13-10-23-16-9-14(22-3)6-7-15(13)16/h6-7,9-10,12H,4-5,8,11H2,1-3H3,(H,19,20)/t12-/m1/s1. The lowest BCUT2D eigenvalue weighted by Gasteiger charge is -2.12. The number of fused-ring (bicyclic) bond motifs is 1. The quantitative estimate of drug-likeness (QED) is 0.752. The van der Waals surface area contributed by atoms with Crippen LogP contribution in [-0.4, -0.2) is 31.6 Å². The topological polar surface area (TPSA) is 77.8 Å². The number of hydrogen-bond acceptors (Lipinski definition) is 5. The van der Waals surface area contributed by atoms with Crippen LogP contribution < -0.4 is 10.1 Å². The predicted molar refractivity (Wildman–Crippen MR) is 89.9 cm³/mol. The number of nitrogens with one attached hydrogen (secondary N) is 1. The Bertz CT molecular complexity index is 706. The second kappa shape index (κ2) is 8.38. The van der Waals surface area contributed by atoms with Gasteiger partial charge in [0.1, 0.15) is 11.3 Å². The van der Waals surface area contributed by atoms with Gasteiger partial charge in [0, 0.05) is 23.1 Å². The number of hydrogen-bond donors (Lipinski definition) is 1. The maximum Gasteiger partial charge on any atom is 0.310 e. The predicted octanol–water partition coefficient (Wildman–Crippen LogP) is 2.83. The monoisotopic (exact) mass is 333 g/mol. The molecule has 2 rings (SSSR count). The fourth-order valence-corrected chi connectivity index (χ4v) is 2.50. The average molecular weight is 333 g/mol. The van der Waals surface area contributed by atoms with Crippen molar-refractivity contribution < 1.29 is 23.5 Å². The molecule has 0 saturated carbocycles. The summed E-state index contributed by atoms with van der Waals surface area (Å²) in [6.45, 7) is 3.71. The molecule has 1 amide bonds. The van der Waals surface area contributed by atoms with Crippen LogP contribution in [0.2, 0.25) is 0 Å². The van der Waals surface area contributed by atoms with Crippen molar-refractivity contribution in [3.63, 3.8) is 0 Å². The van der Waals surface area contributed by atoms with Crippen molar-refractivity contribution in [1.82, 2.24) is 5.32 Å². The van der Waals surface area contributed by atoms with Gasteiger partial charge < -0.3 is 19.2 Å². The first-order chi connectivity index (χ1) is 11.5. The summed E-state index contributed by atoms with van der Waals surface area (Å²) in [5.74, 6) is -0.0678. The normalized spacial score (nSPS) is 12.0. The number of methoxy groups -OCH3 is 1. The fourth-order valence-electron chi connectivity index (χ4n) is 2.50. The Morgan fingerprint density at radius 1 is 1.33 bits per heavy atom. The SMILES string of the molecule is CCC[C@@H](C)NC(=O)COC(=O)Cc1coc2cc(OC)ccc12. The molecule has 0 radical (unpaired) electrons. The molecule has 0 fully saturated rings. The van der Waals surface area contributed by atoms with Gasteiger partial charge in [0.15, 0.2) is 6.61 Å². The lowest BCUT2D eigenvalue weighted by atomic mass is 10.1. The number of carbonyl (C=O) groups excluding carboxylic acids is 2. The average Bonchev–Trinajstić information content (AvgIpc) is 2.95. The van der Waals surface area contributed by atoms with Gasteiger partial charge in [0.05, 0.1) is 19.8 Å². The summed E-state index contributed by atoms with van der Waals surface area (Å²) in [4.78, 5) is 23.6. The molecule has 0 aliphatic heterocycles. The molecule has 1 N–H and O–H groups in total. The number of amides is 1. The number of furan rings is 1. The van der Waals surface area contributed by atoms with E-state index in [9.17, 15) is 9.59 Å². The van der Waals surface area contributed by atoms with Crippen molar-refractivity contribution in [2.75, 3.05) is 13.7 Å². The van der Waals surface area contributed by atoms with Crippen molar-refractivity contribution in [3.05, 3.63) is 30.0 Å². The summed E-state index contributed by atoms with van der Waals surface area (Å²) in [7, 11) is 1.58. The van der Waals surface area contributed by atoms with E-state index in [4.69, 9.17) is 13.9 Å². The van der Waals surface area contributed by atoms with E-state index in [1.54, 1.807) is 19.2 Å². The zero-order valence-corrected chi connectivity index (χ0v) is 14.3. The van der Waals surface area contributed by atoms with Crippen LogP contribution in [0.3, 0.4) is 0 Å². The number of rotatable bonds is 8. The molecule has 1 aromatic heterocycles. The Labute approximate surface area is 141 Å². The third-order valence-corrected chi connectivity index (χ3v) is 3.69. The minimum Gasteiger partial charge on any atom is -0.497 e. The molecule has 0 aliphatic rings. The van der Waals surface area contributed by atoms with Gasteiger partial charge in [-0.15, -0.1) is 0 Å². The van der Waals surface area contributed by atoms with E-state index in [2.05, 4.69) is 5.32 Å². The minimum absolute atomic E-state index is 0.0527. The number of carbonyl (C=O) groups is 2. The highest BCUT2D eigenvalue weighted by atomic mass is 16.5. The third kappa shape index (κ3) is 4.75. The first kappa shape index (κ1) is 17.8. The number of esters is 1. The highest BCUT2D eigenvalue weighted by Crippen LogP contribution is 2.25. The molecule has 24 heavy (non-hydrogen) atoms. The van der Waals surface area contributed by atoms with Gasteiger partial charge in [-0.1, -0.05) is 13.3 Å². The van der Waals surface area contributed by atoms with Gasteiger partial charge in [0.25, 0.3) is 5.91 Å². The molecule has 130 valence electrons. The smallest absolute Gasteiger partial charge is 0.310 e. The van der Waals surface area contributed by atoms with E-state index in [0.29, 0.717) is 11.3 Å². The van der Waals surface area contributed by atoms with Gasteiger partial charge in [-0.2, -0.15) is 0 Å². The Morgan fingerprint density at radius 3 is 2.83 bits per heavy atom. The summed E-state index contributed by atoms with van der Waals surface area (Å²) < 4.78 is 15.6. The van der Waals surface area contributed by atoms with Crippen LogP contribution >= 0.6 is 0 Å². The van der Waals surface area contributed by atoms with Crippen LogP contribution in [0, 0.1) is 0 Å². The van der Waals surface area contributed by atoms with Crippen LogP contribution in [0.25, 0.3) is 11.0 Å². The summed E-state index contributed by atoms with van der Waals surface area (Å²) in [6, 6.07) is 5.47. The molecule has 6 nitrogen and oxygen atoms in total. The first-order valence-corrected chi connectivity index (χ1v) is 8.02. The van der Waals surface area contributed by atoms with E-state index in [1.807, 2.05) is 19.9 Å². The molecule has 2 aromatic rings. The molecular weight excluding hydrogens is 310 g/mol. The Hall–Kier alpha value is -2.50. The largest absolute Gasteiger partial charge is 0.497 e. The number of benzene rings is 1. The van der Waals surface area contributed by atoms with Crippen LogP contribution in [0.5, 0.6) is 5.75 Å². The molecule has 6 heteroatoms. The molecule has 0 spiro atoms. The van der Waals surface area contributed by atoms with Crippen molar-refractivity contribution in [3.8, 4) is 5.75 Å². The molecular formula is C18H23NO5. The van der Waals surface area contributed by atoms with Crippen LogP contribution in [0.1, 0.15) is 32.3 Å². The fraction of sp³-hybridized carbons (Fsp3) is 0.444. The van der Waals surface area contributed by atoms with Gasteiger partial charge in [0.2, 0.25) is 0 Å². The first-order valence-electron chi connectivity index (χ1n) is 8.02. The maximum absolute atomic E-state index is 11.9. The molecule has 1 heterocycles. The maximum atomic E-state index is 11.9. The van der Waals surface area contributed by atoms with E-state index < -0.39 is 5.97 Å². The lowest BCUT2D eigenvalue weighted by molar-refractivity contribution is -0.148. The van der Waals surface area contributed by atoms with E-state index in [0.717, 1.165) is 23.8 Å². The number of ether oxygens (including phenoxy) is 2. The van der Waals surface area contributed by atoms with Crippen molar-refractivity contribution >= 4 is 22.8 Å². The van der Waals surface area contributed by atoms with Crippen molar-refractivity contribution in [1.29, 1.82) is 0 Å². The molecule has 0 bridgehead atoms. The van der Waals surface area contributed by atoms with Gasteiger partial charge in [-0.3, -0.25) is 9.59 Å².